The second-order valence-electron chi connectivity index (χ2n) is 6.38. The largest absolute Gasteiger partial charge is 0.475 e. The van der Waals surface area contributed by atoms with Gasteiger partial charge in [-0.2, -0.15) is 5.10 Å². The van der Waals surface area contributed by atoms with Crippen LogP contribution < -0.4 is 15.4 Å². The molecule has 0 saturated carbocycles. The molecule has 0 saturated heterocycles. The first-order valence-electron chi connectivity index (χ1n) is 8.66. The van der Waals surface area contributed by atoms with Crippen LogP contribution in [0.1, 0.15) is 31.3 Å². The summed E-state index contributed by atoms with van der Waals surface area (Å²) >= 11 is 0. The standard InChI is InChI=1S/C16H23N7O5/c1-5-21-7-11(14(19-21)15(25)17-6-10(2)3)18-13(24)9-22-8-12(23(26)27)16(20-22)28-4/h7-8,10H,5-6,9H2,1-4H3,(H,17,25)(H,18,24). The number of nitrogens with zero attached hydrogens (tertiary/aromatic N) is 5. The zero-order chi connectivity index (χ0) is 20.8. The molecule has 0 aliphatic carbocycles. The molecule has 2 rings (SSSR count). The Morgan fingerprint density at radius 1 is 1.29 bits per heavy atom. The number of amides is 2. The molecular weight excluding hydrogens is 370 g/mol. The Balaban J connectivity index is 2.14. The van der Waals surface area contributed by atoms with E-state index in [2.05, 4.69) is 20.8 Å². The lowest BCUT2D eigenvalue weighted by Gasteiger charge is -2.08. The maximum absolute atomic E-state index is 12.4. The Hall–Kier alpha value is -3.44. The molecular formula is C16H23N7O5. The lowest BCUT2D eigenvalue weighted by Crippen LogP contribution is -2.29. The number of aromatic nitrogens is 4. The Kier molecular flexibility index (Phi) is 6.69. The van der Waals surface area contributed by atoms with Crippen LogP contribution in [-0.2, 0) is 17.9 Å². The number of ether oxygens (including phenoxy) is 1. The van der Waals surface area contributed by atoms with Crippen molar-refractivity contribution in [2.24, 2.45) is 5.92 Å². The molecule has 2 heterocycles. The predicted molar refractivity (Wildman–Crippen MR) is 99.1 cm³/mol. The van der Waals surface area contributed by atoms with Crippen LogP contribution in [0.4, 0.5) is 11.4 Å². The highest BCUT2D eigenvalue weighted by Crippen LogP contribution is 2.24. The highest BCUT2D eigenvalue weighted by Gasteiger charge is 2.22. The van der Waals surface area contributed by atoms with Crippen LogP contribution in [0.2, 0.25) is 0 Å². The maximum atomic E-state index is 12.4. The van der Waals surface area contributed by atoms with Crippen molar-refractivity contribution < 1.29 is 19.2 Å². The number of aryl methyl sites for hydroxylation is 1. The second kappa shape index (κ2) is 8.97. The smallest absolute Gasteiger partial charge is 0.350 e. The molecule has 2 aromatic heterocycles. The van der Waals surface area contributed by atoms with Crippen molar-refractivity contribution in [1.82, 2.24) is 24.9 Å². The lowest BCUT2D eigenvalue weighted by molar-refractivity contribution is -0.385. The molecule has 0 aliphatic heterocycles. The van der Waals surface area contributed by atoms with Gasteiger partial charge in [-0.1, -0.05) is 13.8 Å². The topological polar surface area (TPSA) is 146 Å². The summed E-state index contributed by atoms with van der Waals surface area (Å²) in [6.45, 7) is 6.47. The van der Waals surface area contributed by atoms with Gasteiger partial charge in [-0.05, 0) is 12.8 Å². The number of carbonyl (C=O) groups is 2. The minimum atomic E-state index is -0.650. The van der Waals surface area contributed by atoms with E-state index in [-0.39, 0.29) is 35.4 Å². The first kappa shape index (κ1) is 20.9. The molecule has 0 bridgehead atoms. The van der Waals surface area contributed by atoms with Gasteiger partial charge in [0, 0.05) is 19.3 Å². The Morgan fingerprint density at radius 3 is 2.54 bits per heavy atom. The molecule has 28 heavy (non-hydrogen) atoms. The van der Waals surface area contributed by atoms with Crippen molar-refractivity contribution >= 4 is 23.2 Å². The SMILES string of the molecule is CCn1cc(NC(=O)Cn2cc([N+](=O)[O-])c(OC)n2)c(C(=O)NCC(C)C)n1. The van der Waals surface area contributed by atoms with Crippen molar-refractivity contribution in [1.29, 1.82) is 0 Å². The summed E-state index contributed by atoms with van der Waals surface area (Å²) in [4.78, 5) is 35.0. The third kappa shape index (κ3) is 5.05. The molecule has 0 aromatic carbocycles. The van der Waals surface area contributed by atoms with Crippen molar-refractivity contribution in [2.45, 2.75) is 33.9 Å². The fourth-order valence-corrected chi connectivity index (χ4v) is 2.30. The van der Waals surface area contributed by atoms with E-state index in [1.165, 1.54) is 11.8 Å². The van der Waals surface area contributed by atoms with Crippen LogP contribution in [0, 0.1) is 16.0 Å². The van der Waals surface area contributed by atoms with E-state index < -0.39 is 16.7 Å². The van der Waals surface area contributed by atoms with Gasteiger partial charge in [-0.25, -0.2) is 0 Å². The molecule has 0 radical (unpaired) electrons. The monoisotopic (exact) mass is 393 g/mol. The molecule has 12 nitrogen and oxygen atoms in total. The zero-order valence-electron chi connectivity index (χ0n) is 16.1. The molecule has 2 amide bonds. The summed E-state index contributed by atoms with van der Waals surface area (Å²) in [5, 5.41) is 24.3. The third-order valence-electron chi connectivity index (χ3n) is 3.65. The van der Waals surface area contributed by atoms with Crippen molar-refractivity contribution in [2.75, 3.05) is 19.0 Å². The first-order chi connectivity index (χ1) is 13.2. The van der Waals surface area contributed by atoms with E-state index in [0.29, 0.717) is 13.1 Å². The zero-order valence-corrected chi connectivity index (χ0v) is 16.1. The fraction of sp³-hybridized carbons (Fsp3) is 0.500. The van der Waals surface area contributed by atoms with Crippen LogP contribution in [0.25, 0.3) is 0 Å². The van der Waals surface area contributed by atoms with Gasteiger partial charge in [-0.15, -0.1) is 5.10 Å². The predicted octanol–water partition coefficient (Wildman–Crippen LogP) is 1.04. The van der Waals surface area contributed by atoms with Gasteiger partial charge >= 0.3 is 11.6 Å². The molecule has 0 aliphatic rings. The number of nitro groups is 1. The van der Waals surface area contributed by atoms with Crippen LogP contribution in [0.3, 0.4) is 0 Å². The average molecular weight is 393 g/mol. The molecule has 12 heteroatoms. The van der Waals surface area contributed by atoms with Crippen LogP contribution >= 0.6 is 0 Å². The number of anilines is 1. The average Bonchev–Trinajstić information content (AvgIpc) is 3.23. The summed E-state index contributed by atoms with van der Waals surface area (Å²) in [6.07, 6.45) is 2.65. The quantitative estimate of drug-likeness (QED) is 0.478. The molecule has 0 spiro atoms. The lowest BCUT2D eigenvalue weighted by atomic mass is 10.2. The molecule has 2 aromatic rings. The molecule has 2 N–H and O–H groups in total. The highest BCUT2D eigenvalue weighted by atomic mass is 16.6. The van der Waals surface area contributed by atoms with Gasteiger partial charge in [0.05, 0.1) is 17.7 Å². The summed E-state index contributed by atoms with van der Waals surface area (Å²) in [6, 6.07) is 0. The maximum Gasteiger partial charge on any atom is 0.350 e. The Labute approximate surface area is 161 Å². The van der Waals surface area contributed by atoms with Crippen molar-refractivity contribution in [3.63, 3.8) is 0 Å². The number of hydrogen-bond donors (Lipinski definition) is 2. The Morgan fingerprint density at radius 2 is 2.00 bits per heavy atom. The summed E-state index contributed by atoms with van der Waals surface area (Å²) in [7, 11) is 1.25. The van der Waals surface area contributed by atoms with Gasteiger partial charge in [-0.3, -0.25) is 29.1 Å². The van der Waals surface area contributed by atoms with Gasteiger partial charge in [0.1, 0.15) is 12.7 Å². The summed E-state index contributed by atoms with van der Waals surface area (Å²) < 4.78 is 7.45. The number of rotatable bonds is 9. The van der Waals surface area contributed by atoms with Gasteiger partial charge < -0.3 is 15.4 Å². The van der Waals surface area contributed by atoms with Gasteiger partial charge in [0.2, 0.25) is 5.91 Å². The number of carbonyl (C=O) groups excluding carboxylic acids is 2. The van der Waals surface area contributed by atoms with E-state index in [4.69, 9.17) is 4.74 Å². The van der Waals surface area contributed by atoms with Gasteiger partial charge in [0.15, 0.2) is 5.69 Å². The van der Waals surface area contributed by atoms with Crippen LogP contribution in [0.15, 0.2) is 12.4 Å². The molecule has 0 fully saturated rings. The van der Waals surface area contributed by atoms with Gasteiger partial charge in [0.25, 0.3) is 5.91 Å². The van der Waals surface area contributed by atoms with E-state index in [0.717, 1.165) is 10.9 Å². The fourth-order valence-electron chi connectivity index (χ4n) is 2.30. The van der Waals surface area contributed by atoms with E-state index in [1.54, 1.807) is 6.20 Å². The molecule has 0 unspecified atom stereocenters. The minimum absolute atomic E-state index is 0.0971. The number of methoxy groups -OCH3 is 1. The molecule has 0 atom stereocenters. The highest BCUT2D eigenvalue weighted by molar-refractivity contribution is 6.02. The third-order valence-corrected chi connectivity index (χ3v) is 3.65. The van der Waals surface area contributed by atoms with E-state index >= 15 is 0 Å². The number of nitrogens with one attached hydrogen (secondary N) is 2. The second-order valence-corrected chi connectivity index (χ2v) is 6.38. The van der Waals surface area contributed by atoms with Crippen LogP contribution in [-0.4, -0.2) is 50.0 Å². The minimum Gasteiger partial charge on any atom is -0.475 e. The normalized spacial score (nSPS) is 10.8. The van der Waals surface area contributed by atoms with Crippen molar-refractivity contribution in [3.8, 4) is 5.88 Å². The Bertz CT molecular complexity index is 871. The molecule has 152 valence electrons. The van der Waals surface area contributed by atoms with E-state index in [9.17, 15) is 19.7 Å². The first-order valence-corrected chi connectivity index (χ1v) is 8.66. The summed E-state index contributed by atoms with van der Waals surface area (Å²) in [5.74, 6) is -0.840. The van der Waals surface area contributed by atoms with E-state index in [1.807, 2.05) is 20.8 Å². The summed E-state index contributed by atoms with van der Waals surface area (Å²) in [5.41, 5.74) is 0.00413. The van der Waals surface area contributed by atoms with Crippen molar-refractivity contribution in [3.05, 3.63) is 28.2 Å². The number of hydrogen-bond acceptors (Lipinski definition) is 7. The van der Waals surface area contributed by atoms with Crippen LogP contribution in [0.5, 0.6) is 5.88 Å².